The number of aliphatic imine (C=N–C) groups is 1. The lowest BCUT2D eigenvalue weighted by Crippen LogP contribution is -2.44. The van der Waals surface area contributed by atoms with Gasteiger partial charge in [-0.3, -0.25) is 14.8 Å². The van der Waals surface area contributed by atoms with Crippen LogP contribution in [0.25, 0.3) is 0 Å². The molecule has 0 aromatic carbocycles. The number of fused-ring (bicyclic) bond motifs is 1. The predicted molar refractivity (Wildman–Crippen MR) is 120 cm³/mol. The fourth-order valence-electron chi connectivity index (χ4n) is 4.22. The van der Waals surface area contributed by atoms with Gasteiger partial charge in [0.25, 0.3) is 5.91 Å². The summed E-state index contributed by atoms with van der Waals surface area (Å²) in [7, 11) is 0. The molecule has 0 unspecified atom stereocenters. The Hall–Kier alpha value is -3.31. The van der Waals surface area contributed by atoms with E-state index >= 15 is 0 Å². The molecule has 2 aromatic heterocycles. The van der Waals surface area contributed by atoms with E-state index in [0.29, 0.717) is 32.2 Å². The van der Waals surface area contributed by atoms with Crippen LogP contribution in [-0.4, -0.2) is 63.5 Å². The lowest BCUT2D eigenvalue weighted by Gasteiger charge is -2.32. The third-order valence-electron chi connectivity index (χ3n) is 6.52. The molecule has 9 nitrogen and oxygen atoms in total. The summed E-state index contributed by atoms with van der Waals surface area (Å²) in [5, 5.41) is 1.91. The molecule has 5 rings (SSSR count). The summed E-state index contributed by atoms with van der Waals surface area (Å²) in [5.74, 6) is -0.504. The van der Waals surface area contributed by atoms with Crippen molar-refractivity contribution in [2.24, 2.45) is 16.8 Å². The number of carbonyl (C=O) groups is 1. The van der Waals surface area contributed by atoms with Crippen molar-refractivity contribution in [1.29, 1.82) is 0 Å². The minimum Gasteiger partial charge on any atom is -0.463 e. The van der Waals surface area contributed by atoms with Crippen LogP contribution in [0.1, 0.15) is 54.5 Å². The van der Waals surface area contributed by atoms with Gasteiger partial charge in [-0.15, -0.1) is 0 Å². The van der Waals surface area contributed by atoms with E-state index < -0.39 is 18.1 Å². The van der Waals surface area contributed by atoms with Crippen LogP contribution in [0.3, 0.4) is 0 Å². The first-order chi connectivity index (χ1) is 16.8. The van der Waals surface area contributed by atoms with Crippen molar-refractivity contribution in [3.05, 3.63) is 35.4 Å². The number of alkyl halides is 3. The quantitative estimate of drug-likeness (QED) is 0.638. The van der Waals surface area contributed by atoms with Gasteiger partial charge < -0.3 is 15.0 Å². The number of halogens is 3. The van der Waals surface area contributed by atoms with Crippen molar-refractivity contribution in [2.75, 3.05) is 24.6 Å². The maximum absolute atomic E-state index is 12.9. The number of piperidine rings is 1. The number of pyridine rings is 1. The third kappa shape index (κ3) is 5.35. The topological polar surface area (TPSA) is 105 Å². The highest BCUT2D eigenvalue weighted by molar-refractivity contribution is 6.04. The second kappa shape index (κ2) is 9.38. The van der Waals surface area contributed by atoms with Gasteiger partial charge in [0.1, 0.15) is 6.04 Å². The normalized spacial score (nSPS) is 19.2. The van der Waals surface area contributed by atoms with Crippen LogP contribution >= 0.6 is 0 Å². The summed E-state index contributed by atoms with van der Waals surface area (Å²) < 4.78 is 44.5. The molecule has 3 aliphatic rings. The molecule has 0 radical (unpaired) electrons. The number of amides is 1. The highest BCUT2D eigenvalue weighted by atomic mass is 19.4. The standard InChI is InChI=1S/C23H26F3N7O2/c1-13(23(24,25)26)29-20(34)19-30-21(32-22(31-19)35-12-14-4-5-14)33-9-6-15(7-10-33)18-16-3-2-8-27-17(16)11-28-18/h2-3,8,13-15H,4-7,9-12H2,1H3,(H,29,34)/t13-/m0/s1. The van der Waals surface area contributed by atoms with E-state index in [4.69, 9.17) is 9.73 Å². The molecule has 2 fully saturated rings. The Morgan fingerprint density at radius 3 is 2.69 bits per heavy atom. The van der Waals surface area contributed by atoms with Crippen molar-refractivity contribution < 1.29 is 22.7 Å². The lowest BCUT2D eigenvalue weighted by atomic mass is 9.88. The van der Waals surface area contributed by atoms with Crippen molar-refractivity contribution >= 4 is 17.6 Å². The minimum atomic E-state index is -4.57. The van der Waals surface area contributed by atoms with Crippen LogP contribution in [0.5, 0.6) is 6.01 Å². The van der Waals surface area contributed by atoms with Gasteiger partial charge in [-0.05, 0) is 50.7 Å². The summed E-state index contributed by atoms with van der Waals surface area (Å²) in [6, 6.07) is 1.87. The van der Waals surface area contributed by atoms with Gasteiger partial charge in [-0.2, -0.15) is 28.1 Å². The zero-order chi connectivity index (χ0) is 24.6. The van der Waals surface area contributed by atoms with Crippen LogP contribution < -0.4 is 15.0 Å². The number of hydrogen-bond acceptors (Lipinski definition) is 8. The molecule has 1 N–H and O–H groups in total. The van der Waals surface area contributed by atoms with Gasteiger partial charge in [-0.25, -0.2) is 0 Å². The van der Waals surface area contributed by atoms with Crippen molar-refractivity contribution in [2.45, 2.75) is 51.4 Å². The molecule has 0 spiro atoms. The number of carbonyl (C=O) groups excluding carboxylic acids is 1. The van der Waals surface area contributed by atoms with Gasteiger partial charge in [-0.1, -0.05) is 0 Å². The minimum absolute atomic E-state index is 0.0472. The van der Waals surface area contributed by atoms with E-state index in [1.807, 2.05) is 22.3 Å². The van der Waals surface area contributed by atoms with Crippen LogP contribution in [-0.2, 0) is 6.54 Å². The highest BCUT2D eigenvalue weighted by Gasteiger charge is 2.38. The number of nitrogens with zero attached hydrogens (tertiary/aromatic N) is 6. The number of ether oxygens (including phenoxy) is 1. The molecule has 1 amide bonds. The van der Waals surface area contributed by atoms with Crippen molar-refractivity contribution in [1.82, 2.24) is 25.3 Å². The second-order valence-electron chi connectivity index (χ2n) is 9.19. The fraction of sp³-hybridized carbons (Fsp3) is 0.565. The Balaban J connectivity index is 1.30. The molecule has 4 heterocycles. The predicted octanol–water partition coefficient (Wildman–Crippen LogP) is 2.96. The van der Waals surface area contributed by atoms with Crippen LogP contribution in [0, 0.1) is 11.8 Å². The molecule has 12 heteroatoms. The molecule has 1 atom stereocenters. The van der Waals surface area contributed by atoms with Gasteiger partial charge in [0.2, 0.25) is 11.8 Å². The van der Waals surface area contributed by atoms with E-state index in [1.165, 1.54) is 0 Å². The maximum Gasteiger partial charge on any atom is 0.408 e. The van der Waals surface area contributed by atoms with E-state index in [0.717, 1.165) is 49.6 Å². The van der Waals surface area contributed by atoms with E-state index in [1.54, 1.807) is 6.20 Å². The smallest absolute Gasteiger partial charge is 0.408 e. The third-order valence-corrected chi connectivity index (χ3v) is 6.52. The first-order valence-corrected chi connectivity index (χ1v) is 11.8. The largest absolute Gasteiger partial charge is 0.463 e. The number of anilines is 1. The average molecular weight is 490 g/mol. The molecule has 0 bridgehead atoms. The Morgan fingerprint density at radius 2 is 1.97 bits per heavy atom. The number of nitrogens with one attached hydrogen (secondary N) is 1. The van der Waals surface area contributed by atoms with Crippen molar-refractivity contribution in [3.8, 4) is 6.01 Å². The molecule has 1 saturated carbocycles. The van der Waals surface area contributed by atoms with Gasteiger partial charge >= 0.3 is 12.2 Å². The zero-order valence-electron chi connectivity index (χ0n) is 19.3. The lowest BCUT2D eigenvalue weighted by molar-refractivity contribution is -0.149. The molecule has 1 aliphatic carbocycles. The van der Waals surface area contributed by atoms with E-state index in [-0.39, 0.29) is 23.7 Å². The number of aromatic nitrogens is 4. The van der Waals surface area contributed by atoms with Crippen LogP contribution in [0.4, 0.5) is 19.1 Å². The van der Waals surface area contributed by atoms with Gasteiger partial charge in [0, 0.05) is 36.5 Å². The monoisotopic (exact) mass is 489 g/mol. The summed E-state index contributed by atoms with van der Waals surface area (Å²) in [6.45, 7) is 3.07. The summed E-state index contributed by atoms with van der Waals surface area (Å²) in [6.07, 6.45) is 0.880. The van der Waals surface area contributed by atoms with Crippen molar-refractivity contribution in [3.63, 3.8) is 0 Å². The van der Waals surface area contributed by atoms with E-state index in [2.05, 4.69) is 19.9 Å². The number of rotatable bonds is 7. The Labute approximate surface area is 200 Å². The summed E-state index contributed by atoms with van der Waals surface area (Å²) in [5.41, 5.74) is 3.15. The van der Waals surface area contributed by atoms with Crippen LogP contribution in [0.15, 0.2) is 23.3 Å². The first kappa shape index (κ1) is 23.4. The Kier molecular flexibility index (Phi) is 6.28. The van der Waals surface area contributed by atoms with Crippen LogP contribution in [0.2, 0.25) is 0 Å². The molecule has 186 valence electrons. The molecule has 1 saturated heterocycles. The SMILES string of the molecule is C[C@H](NC(=O)c1nc(OCC2CC2)nc(N2CCC(C3=NCc4ncccc43)CC2)n1)C(F)(F)F. The highest BCUT2D eigenvalue weighted by Crippen LogP contribution is 2.31. The van der Waals surface area contributed by atoms with Gasteiger partial charge in [0.05, 0.1) is 18.8 Å². The van der Waals surface area contributed by atoms with Gasteiger partial charge in [0.15, 0.2) is 0 Å². The summed E-state index contributed by atoms with van der Waals surface area (Å²) in [4.78, 5) is 36.1. The Morgan fingerprint density at radius 1 is 1.20 bits per heavy atom. The maximum atomic E-state index is 12.9. The molecular weight excluding hydrogens is 463 g/mol. The average Bonchev–Trinajstić information content (AvgIpc) is 3.58. The zero-order valence-corrected chi connectivity index (χ0v) is 19.3. The molecule has 2 aromatic rings. The fourth-order valence-corrected chi connectivity index (χ4v) is 4.22. The van der Waals surface area contributed by atoms with E-state index in [9.17, 15) is 18.0 Å². The molecule has 2 aliphatic heterocycles. The second-order valence-corrected chi connectivity index (χ2v) is 9.19. The Bertz CT molecular complexity index is 1130. The molecular formula is C23H26F3N7O2. The number of hydrogen-bond donors (Lipinski definition) is 1. The summed E-state index contributed by atoms with van der Waals surface area (Å²) >= 11 is 0. The first-order valence-electron chi connectivity index (χ1n) is 11.8. The molecule has 35 heavy (non-hydrogen) atoms.